The molecule has 0 bridgehead atoms. The van der Waals surface area contributed by atoms with Crippen LogP contribution in [0.5, 0.6) is 0 Å². The van der Waals surface area contributed by atoms with Gasteiger partial charge < -0.3 is 0 Å². The van der Waals surface area contributed by atoms with Crippen molar-refractivity contribution in [1.82, 2.24) is 0 Å². The summed E-state index contributed by atoms with van der Waals surface area (Å²) in [5.74, 6) is 0. The smallest absolute Gasteiger partial charge is 0.117 e. The summed E-state index contributed by atoms with van der Waals surface area (Å²) < 4.78 is 0. The quantitative estimate of drug-likeness (QED) is 0.406. The zero-order valence-electron chi connectivity index (χ0n) is 18.0. The second-order valence-corrected chi connectivity index (χ2v) is 67.5. The Labute approximate surface area is 147 Å². The zero-order chi connectivity index (χ0) is 18.4. The molecular formula is C16H42Si6. The molecule has 0 N–H and O–H groups in total. The first-order valence-corrected chi connectivity index (χ1v) is 31.8. The highest BCUT2D eigenvalue weighted by molar-refractivity contribution is 7.73. The third kappa shape index (κ3) is 4.28. The van der Waals surface area contributed by atoms with E-state index in [-0.39, 0.29) is 0 Å². The van der Waals surface area contributed by atoms with Gasteiger partial charge in [-0.05, 0) is 0 Å². The van der Waals surface area contributed by atoms with Crippen LogP contribution in [0.25, 0.3) is 0 Å². The van der Waals surface area contributed by atoms with Gasteiger partial charge in [-0.1, -0.05) is 91.7 Å². The molecule has 0 aliphatic carbocycles. The zero-order valence-corrected chi connectivity index (χ0v) is 24.0. The average molecular weight is 403 g/mol. The summed E-state index contributed by atoms with van der Waals surface area (Å²) in [4.78, 5) is 0. The van der Waals surface area contributed by atoms with Crippen LogP contribution in [0.15, 0.2) is 0 Å². The van der Waals surface area contributed by atoms with Crippen LogP contribution >= 0.6 is 0 Å². The van der Waals surface area contributed by atoms with Crippen molar-refractivity contribution in [3.63, 3.8) is 0 Å². The molecule has 130 valence electrons. The van der Waals surface area contributed by atoms with E-state index in [4.69, 9.17) is 0 Å². The van der Waals surface area contributed by atoms with Gasteiger partial charge >= 0.3 is 0 Å². The molecule has 0 heterocycles. The first kappa shape index (κ1) is 22.9. The third-order valence-corrected chi connectivity index (χ3v) is 84.6. The first-order valence-electron chi connectivity index (χ1n) is 8.75. The van der Waals surface area contributed by atoms with E-state index in [9.17, 15) is 0 Å². The minimum Gasteiger partial charge on any atom is -0.145 e. The summed E-state index contributed by atoms with van der Waals surface area (Å²) in [7, 11) is -7.58. The van der Waals surface area contributed by atoms with Crippen molar-refractivity contribution in [2.45, 2.75) is 91.7 Å². The Morgan fingerprint density at radius 2 is 0.455 bits per heavy atom. The van der Waals surface area contributed by atoms with E-state index in [2.05, 4.69) is 103 Å². The number of hydrogen-bond acceptors (Lipinski definition) is 0. The van der Waals surface area contributed by atoms with Crippen LogP contribution < -0.4 is 0 Å². The maximum Gasteiger partial charge on any atom is 0.117 e. The highest BCUT2D eigenvalue weighted by Gasteiger charge is 2.53. The lowest BCUT2D eigenvalue weighted by Gasteiger charge is -2.46. The Morgan fingerprint density at radius 3 is 0.545 bits per heavy atom. The molecule has 0 nitrogen and oxygen atoms in total. The van der Waals surface area contributed by atoms with Gasteiger partial charge in [-0.3, -0.25) is 0 Å². The maximum atomic E-state index is 4.17. The molecule has 0 spiro atoms. The monoisotopic (exact) mass is 402 g/mol. The van der Waals surface area contributed by atoms with Crippen molar-refractivity contribution < 1.29 is 0 Å². The molecule has 0 aromatic carbocycles. The van der Waals surface area contributed by atoms with E-state index in [0.717, 1.165) is 0 Å². The van der Waals surface area contributed by atoms with Gasteiger partial charge in [-0.15, -0.1) is 11.1 Å². The van der Waals surface area contributed by atoms with Crippen LogP contribution in [0.4, 0.5) is 0 Å². The average Bonchev–Trinajstić information content (AvgIpc) is 2.18. The molecule has 0 unspecified atom stereocenters. The number of hydrogen-bond donors (Lipinski definition) is 0. The highest BCUT2D eigenvalue weighted by atomic mass is 29.6. The second kappa shape index (κ2) is 6.30. The topological polar surface area (TPSA) is 0 Å². The van der Waals surface area contributed by atoms with Gasteiger partial charge in [0.15, 0.2) is 0 Å². The van der Waals surface area contributed by atoms with Crippen molar-refractivity contribution in [3.05, 3.63) is 0 Å². The fraction of sp³-hybridized carbons (Fsp3) is 0.875. The highest BCUT2D eigenvalue weighted by Crippen LogP contribution is 2.31. The lowest BCUT2D eigenvalue weighted by Crippen LogP contribution is -2.71. The molecule has 0 atom stereocenters. The molecule has 0 aromatic heterocycles. The van der Waals surface area contributed by atoms with E-state index in [1.165, 1.54) is 0 Å². The normalized spacial score (nSPS) is 15.4. The van der Waals surface area contributed by atoms with Gasteiger partial charge in [0, 0.05) is 0 Å². The molecule has 0 saturated carbocycles. The molecule has 0 radical (unpaired) electrons. The SMILES string of the molecule is C[Si](C)(C)[Si](C)(C#C[Si](C)([Si](C)(C)C)[Si](C)(C)C)[Si](C)(C)C. The minimum atomic E-state index is -1.42. The number of rotatable bonds is 4. The molecular weight excluding hydrogens is 361 g/mol. The van der Waals surface area contributed by atoms with Crippen molar-refractivity contribution in [2.24, 2.45) is 0 Å². The van der Waals surface area contributed by atoms with E-state index < -0.39 is 44.6 Å². The summed E-state index contributed by atoms with van der Waals surface area (Å²) in [6.45, 7) is 36.4. The predicted molar refractivity (Wildman–Crippen MR) is 124 cm³/mol. The van der Waals surface area contributed by atoms with Gasteiger partial charge in [0.25, 0.3) is 0 Å². The fourth-order valence-corrected chi connectivity index (χ4v) is 72.0. The van der Waals surface area contributed by atoms with Crippen molar-refractivity contribution in [1.29, 1.82) is 0 Å². The summed E-state index contributed by atoms with van der Waals surface area (Å²) in [6.07, 6.45) is 0. The molecule has 22 heavy (non-hydrogen) atoms. The van der Waals surface area contributed by atoms with E-state index in [0.29, 0.717) is 0 Å². The van der Waals surface area contributed by atoms with Gasteiger partial charge in [-0.25, -0.2) is 0 Å². The Hall–Kier alpha value is 0.861. The summed E-state index contributed by atoms with van der Waals surface area (Å²) in [5, 5.41) is 0. The van der Waals surface area contributed by atoms with E-state index >= 15 is 0 Å². The van der Waals surface area contributed by atoms with Crippen LogP contribution in [0.3, 0.4) is 0 Å². The van der Waals surface area contributed by atoms with Gasteiger partial charge in [0.2, 0.25) is 0 Å². The Bertz CT molecular complexity index is 387. The van der Waals surface area contributed by atoms with Crippen LogP contribution in [-0.2, 0) is 0 Å². The van der Waals surface area contributed by atoms with E-state index in [1.54, 1.807) is 0 Å². The molecule has 6 heteroatoms. The molecule has 0 amide bonds. The Morgan fingerprint density at radius 1 is 0.318 bits per heavy atom. The largest absolute Gasteiger partial charge is 0.145 e. The van der Waals surface area contributed by atoms with Crippen molar-refractivity contribution >= 4 is 44.6 Å². The molecule has 0 rings (SSSR count). The third-order valence-electron chi connectivity index (χ3n) is 6.56. The second-order valence-electron chi connectivity index (χ2n) is 11.5. The van der Waals surface area contributed by atoms with Crippen molar-refractivity contribution in [2.75, 3.05) is 0 Å². The van der Waals surface area contributed by atoms with Crippen LogP contribution in [0.2, 0.25) is 91.7 Å². The Kier molecular flexibility index (Phi) is 6.55. The van der Waals surface area contributed by atoms with Crippen molar-refractivity contribution in [3.8, 4) is 11.1 Å². The van der Waals surface area contributed by atoms with Crippen LogP contribution in [0, 0.1) is 11.1 Å². The molecule has 0 fully saturated rings. The Balaban J connectivity index is 6.34. The van der Waals surface area contributed by atoms with E-state index in [1.807, 2.05) is 0 Å². The van der Waals surface area contributed by atoms with Gasteiger partial charge in [0.05, 0.1) is 30.4 Å². The molecule has 0 saturated heterocycles. The first-order chi connectivity index (χ1) is 9.21. The van der Waals surface area contributed by atoms with Gasteiger partial charge in [-0.2, -0.15) is 0 Å². The fourth-order valence-electron chi connectivity index (χ4n) is 3.25. The molecule has 0 aliphatic rings. The maximum absolute atomic E-state index is 4.17. The standard InChI is InChI=1S/C16H42Si6/c1-17(2,3)21(13,18(4,5)6)15-16-22(14,19(7,8)9)20(10,11)12/h1-14H3. The van der Waals surface area contributed by atoms with Gasteiger partial charge in [0.1, 0.15) is 14.2 Å². The lowest BCUT2D eigenvalue weighted by molar-refractivity contribution is 1.74. The summed E-state index contributed by atoms with van der Waals surface area (Å²) in [6, 6.07) is 0. The molecule has 0 aromatic rings. The lowest BCUT2D eigenvalue weighted by atomic mass is 11.4. The van der Waals surface area contributed by atoms with Crippen LogP contribution in [-0.4, -0.2) is 44.6 Å². The van der Waals surface area contributed by atoms with Crippen LogP contribution in [0.1, 0.15) is 0 Å². The molecule has 0 aliphatic heterocycles. The predicted octanol–water partition coefficient (Wildman–Crippen LogP) is 5.89. The summed E-state index contributed by atoms with van der Waals surface area (Å²) >= 11 is 0. The summed E-state index contributed by atoms with van der Waals surface area (Å²) in [5.41, 5.74) is 8.35. The minimum absolute atomic E-state index is 1.18.